The molecule has 0 aliphatic heterocycles. The van der Waals surface area contributed by atoms with Gasteiger partial charge in [-0.2, -0.15) is 9.79 Å². The molecule has 0 saturated heterocycles. The third kappa shape index (κ3) is 2.95. The van der Waals surface area contributed by atoms with E-state index >= 15 is 0 Å². The molecule has 0 bridgehead atoms. The lowest BCUT2D eigenvalue weighted by Crippen LogP contribution is -2.02. The molecule has 0 heterocycles. The largest absolute Gasteiger partial charge is 0.778 e. The van der Waals surface area contributed by atoms with Crippen molar-refractivity contribution in [3.8, 4) is 0 Å². The van der Waals surface area contributed by atoms with Gasteiger partial charge in [0.15, 0.2) is 0 Å². The average molecular weight is 349 g/mol. The van der Waals surface area contributed by atoms with Crippen molar-refractivity contribution >= 4 is 58.3 Å². The zero-order chi connectivity index (χ0) is 14.2. The van der Waals surface area contributed by atoms with E-state index in [1.807, 2.05) is 0 Å². The van der Waals surface area contributed by atoms with Crippen LogP contribution in [0.3, 0.4) is 0 Å². The molecular weight excluding hydrogens is 343 g/mol. The summed E-state index contributed by atoms with van der Waals surface area (Å²) >= 11 is 21.6. The zero-order valence-corrected chi connectivity index (χ0v) is 13.2. The smallest absolute Gasteiger partial charge is 0.206 e. The molecule has 0 aromatic heterocycles. The van der Waals surface area contributed by atoms with Crippen LogP contribution in [0.5, 0.6) is 0 Å². The van der Waals surface area contributed by atoms with E-state index in [9.17, 15) is 8.42 Å². The van der Waals surface area contributed by atoms with E-state index in [1.165, 1.54) is 36.4 Å². The Balaban J connectivity index is 2.58. The molecule has 0 unspecified atom stereocenters. The fourth-order valence-corrected chi connectivity index (χ4v) is 3.49. The van der Waals surface area contributed by atoms with Gasteiger partial charge in [-0.15, -0.1) is 0 Å². The monoisotopic (exact) mass is 348 g/mol. The van der Waals surface area contributed by atoms with E-state index < -0.39 is 9.84 Å². The highest BCUT2D eigenvalue weighted by Gasteiger charge is 2.18. The molecule has 2 nitrogen and oxygen atoms in total. The van der Waals surface area contributed by atoms with Crippen LogP contribution in [-0.4, -0.2) is 8.42 Å². The first kappa shape index (κ1) is 14.8. The number of sulfone groups is 1. The van der Waals surface area contributed by atoms with E-state index in [1.54, 1.807) is 0 Å². The summed E-state index contributed by atoms with van der Waals surface area (Å²) in [7, 11) is -3.68. The molecule has 0 atom stereocenters. The third-order valence-electron chi connectivity index (χ3n) is 2.43. The molecule has 0 radical (unpaired) electrons. The molecule has 0 aliphatic carbocycles. The molecule has 0 saturated carbocycles. The van der Waals surface area contributed by atoms with Crippen molar-refractivity contribution in [2.75, 3.05) is 0 Å². The van der Waals surface area contributed by atoms with Crippen LogP contribution in [0, 0.1) is 0 Å². The van der Waals surface area contributed by atoms with E-state index in [-0.39, 0.29) is 19.8 Å². The summed E-state index contributed by atoms with van der Waals surface area (Å²) in [5.41, 5.74) is 0. The van der Waals surface area contributed by atoms with E-state index in [0.717, 1.165) is 0 Å². The van der Waals surface area contributed by atoms with Crippen molar-refractivity contribution in [2.45, 2.75) is 19.6 Å². The van der Waals surface area contributed by atoms with Gasteiger partial charge in [-0.1, -0.05) is 35.3 Å². The normalized spacial score (nSPS) is 11.5. The van der Waals surface area contributed by atoms with Crippen LogP contribution in [-0.2, 0) is 35.1 Å². The molecule has 2 aromatic rings. The second kappa shape index (κ2) is 5.42. The highest BCUT2D eigenvalue weighted by atomic mass is 35.5. The van der Waals surface area contributed by atoms with Gasteiger partial charge in [-0.3, -0.25) is 0 Å². The number of benzene rings is 2. The zero-order valence-electron chi connectivity index (χ0n) is 9.26. The number of hydrogen-bond donors (Lipinski definition) is 0. The van der Waals surface area contributed by atoms with Crippen molar-refractivity contribution in [1.29, 1.82) is 0 Å². The van der Waals surface area contributed by atoms with Crippen LogP contribution in [0.1, 0.15) is 0 Å². The minimum atomic E-state index is -3.68. The van der Waals surface area contributed by atoms with Gasteiger partial charge in [-0.25, -0.2) is 8.42 Å². The molecule has 2 aromatic carbocycles. The summed E-state index contributed by atoms with van der Waals surface area (Å²) in [5, 5.41) is 0.448. The van der Waals surface area contributed by atoms with Crippen molar-refractivity contribution in [2.24, 2.45) is 0 Å². The van der Waals surface area contributed by atoms with Crippen LogP contribution in [0.25, 0.3) is 0 Å². The summed E-state index contributed by atoms with van der Waals surface area (Å²) in [5.74, 6) is 0. The molecule has 0 amide bonds. The Hall–Kier alpha value is -0.590. The van der Waals surface area contributed by atoms with E-state index in [0.29, 0.717) is 9.79 Å². The standard InChI is InChI=1S/C12H8Cl2O2S3/c13-9-5-7(1-3-11(9)17)19(15,16)8-2-4-12(18)10(14)6-8/h1-6,17-18H/p-2. The fourth-order valence-electron chi connectivity index (χ4n) is 1.43. The minimum absolute atomic E-state index is 0.0688. The topological polar surface area (TPSA) is 34.1 Å². The van der Waals surface area contributed by atoms with Gasteiger partial charge in [-0.05, 0) is 24.3 Å². The van der Waals surface area contributed by atoms with Crippen LogP contribution in [0.15, 0.2) is 56.0 Å². The maximum Gasteiger partial charge on any atom is 0.206 e. The first-order valence-electron chi connectivity index (χ1n) is 5.00. The van der Waals surface area contributed by atoms with Gasteiger partial charge in [0.1, 0.15) is 0 Å². The lowest BCUT2D eigenvalue weighted by molar-refractivity contribution is 0.596. The fraction of sp³-hybridized carbons (Fsp3) is 0. The quantitative estimate of drug-likeness (QED) is 0.776. The lowest BCUT2D eigenvalue weighted by Gasteiger charge is -2.13. The highest BCUT2D eigenvalue weighted by Crippen LogP contribution is 2.28. The summed E-state index contributed by atoms with van der Waals surface area (Å²) in [6.45, 7) is 0. The third-order valence-corrected chi connectivity index (χ3v) is 5.74. The van der Waals surface area contributed by atoms with Gasteiger partial charge < -0.3 is 25.3 Å². The van der Waals surface area contributed by atoms with Crippen molar-refractivity contribution in [3.05, 3.63) is 46.4 Å². The molecule has 0 spiro atoms. The second-order valence-corrected chi connectivity index (χ2v) is 7.33. The average Bonchev–Trinajstić information content (AvgIpc) is 2.35. The van der Waals surface area contributed by atoms with E-state index in [2.05, 4.69) is 0 Å². The van der Waals surface area contributed by atoms with Gasteiger partial charge in [0.05, 0.1) is 9.79 Å². The van der Waals surface area contributed by atoms with Crippen LogP contribution >= 0.6 is 23.2 Å². The predicted molar refractivity (Wildman–Crippen MR) is 79.6 cm³/mol. The summed E-state index contributed by atoms with van der Waals surface area (Å²) < 4.78 is 24.8. The number of halogens is 2. The number of hydrogen-bond acceptors (Lipinski definition) is 4. The Bertz CT molecular complexity index is 685. The van der Waals surface area contributed by atoms with Gasteiger partial charge in [0, 0.05) is 10.0 Å². The lowest BCUT2D eigenvalue weighted by atomic mass is 10.3. The Labute approximate surface area is 132 Å². The minimum Gasteiger partial charge on any atom is -0.778 e. The van der Waals surface area contributed by atoms with E-state index in [4.69, 9.17) is 48.5 Å². The van der Waals surface area contributed by atoms with Gasteiger partial charge >= 0.3 is 0 Å². The molecule has 0 aliphatic rings. The summed E-state index contributed by atoms with van der Waals surface area (Å²) in [4.78, 5) is 0.942. The molecule has 19 heavy (non-hydrogen) atoms. The first-order chi connectivity index (χ1) is 8.82. The molecular formula is C12H6Cl2O2S3-2. The van der Waals surface area contributed by atoms with Crippen molar-refractivity contribution < 1.29 is 8.42 Å². The maximum atomic E-state index is 12.4. The van der Waals surface area contributed by atoms with Crippen molar-refractivity contribution in [3.63, 3.8) is 0 Å². The van der Waals surface area contributed by atoms with Crippen molar-refractivity contribution in [1.82, 2.24) is 0 Å². The second-order valence-electron chi connectivity index (χ2n) is 3.69. The first-order valence-corrected chi connectivity index (χ1v) is 8.06. The Morgan fingerprint density at radius 1 is 0.789 bits per heavy atom. The summed E-state index contributed by atoms with van der Waals surface area (Å²) in [6, 6.07) is 8.45. The van der Waals surface area contributed by atoms with Crippen LogP contribution in [0.2, 0.25) is 10.0 Å². The van der Waals surface area contributed by atoms with Gasteiger partial charge in [0.25, 0.3) is 0 Å². The number of rotatable bonds is 2. The Morgan fingerprint density at radius 3 is 1.47 bits per heavy atom. The molecule has 0 N–H and O–H groups in total. The predicted octanol–water partition coefficient (Wildman–Crippen LogP) is 3.64. The Morgan fingerprint density at radius 2 is 1.16 bits per heavy atom. The van der Waals surface area contributed by atoms with Crippen LogP contribution in [0.4, 0.5) is 0 Å². The molecule has 0 fully saturated rings. The van der Waals surface area contributed by atoms with Gasteiger partial charge in [0.2, 0.25) is 9.84 Å². The molecule has 100 valence electrons. The Kier molecular flexibility index (Phi) is 4.23. The maximum absolute atomic E-state index is 12.4. The van der Waals surface area contributed by atoms with Crippen LogP contribution < -0.4 is 0 Å². The highest BCUT2D eigenvalue weighted by molar-refractivity contribution is 7.91. The summed E-state index contributed by atoms with van der Waals surface area (Å²) in [6.07, 6.45) is 0. The SMILES string of the molecule is O=S(=O)(c1ccc([S-])c(Cl)c1)c1ccc([S-])c(Cl)c1. The molecule has 7 heteroatoms. The molecule has 2 rings (SSSR count).